The summed E-state index contributed by atoms with van der Waals surface area (Å²) in [6, 6.07) is -4.08. The van der Waals surface area contributed by atoms with E-state index in [9.17, 15) is 40.5 Å². The lowest BCUT2D eigenvalue weighted by Gasteiger charge is -2.45. The Balaban J connectivity index is 1.96. The topological polar surface area (TPSA) is 336 Å². The maximum Gasteiger partial charge on any atom is 0.188 e. The lowest BCUT2D eigenvalue weighted by Crippen LogP contribution is -2.66. The molecule has 230 valence electrons. The van der Waals surface area contributed by atoms with Gasteiger partial charge in [0.1, 0.15) is 60.9 Å². The molecule has 19 nitrogen and oxygen atoms in total. The minimum atomic E-state index is -2.38. The molecule has 0 spiro atoms. The molecule has 3 aliphatic rings. The Bertz CT molecular complexity index is 940. The van der Waals surface area contributed by atoms with Crippen molar-refractivity contribution in [2.75, 3.05) is 13.7 Å². The van der Waals surface area contributed by atoms with Crippen molar-refractivity contribution in [2.45, 2.75) is 98.2 Å². The predicted octanol–water partition coefficient (Wildman–Crippen LogP) is -8.16. The Morgan fingerprint density at radius 2 is 1.50 bits per heavy atom. The van der Waals surface area contributed by atoms with E-state index in [1.807, 2.05) is 0 Å². The number of hydrogen-bond donors (Lipinski definition) is 12. The van der Waals surface area contributed by atoms with Crippen molar-refractivity contribution in [2.24, 2.45) is 32.9 Å². The number of aldehydes is 1. The van der Waals surface area contributed by atoms with Crippen LogP contribution in [0.5, 0.6) is 0 Å². The number of nitrogens with zero attached hydrogens (tertiary/aromatic N) is 2. The van der Waals surface area contributed by atoms with E-state index in [0.717, 1.165) is 0 Å². The molecule has 16 N–H and O–H groups in total. The first-order chi connectivity index (χ1) is 18.7. The third-order valence-electron chi connectivity index (χ3n) is 7.34. The second-order valence-corrected chi connectivity index (χ2v) is 9.89. The first-order valence-corrected chi connectivity index (χ1v) is 12.4. The number of carbonyl (C=O) groups is 1. The molecular formula is C21H39N7O12. The zero-order valence-electron chi connectivity index (χ0n) is 21.7. The number of aliphatic hydroxyl groups excluding tert-OH is 6. The van der Waals surface area contributed by atoms with Crippen molar-refractivity contribution in [3.05, 3.63) is 0 Å². The largest absolute Gasteiger partial charge is 0.394 e. The molecule has 0 radical (unpaired) electrons. The molecule has 3 rings (SSSR count). The lowest BCUT2D eigenvalue weighted by molar-refractivity contribution is -0.314. The average Bonchev–Trinajstić information content (AvgIpc) is 3.13. The number of nitrogens with one attached hydrogen (secondary N) is 1. The Morgan fingerprint density at radius 3 is 2.02 bits per heavy atom. The van der Waals surface area contributed by atoms with Gasteiger partial charge in [0.05, 0.1) is 18.8 Å². The molecule has 1 aliphatic carbocycles. The Morgan fingerprint density at radius 1 is 0.900 bits per heavy atom. The Kier molecular flexibility index (Phi) is 10.2. The summed E-state index contributed by atoms with van der Waals surface area (Å²) >= 11 is 0. The number of hydrogen-bond acceptors (Lipinski definition) is 15. The van der Waals surface area contributed by atoms with Crippen LogP contribution in [-0.2, 0) is 23.7 Å². The van der Waals surface area contributed by atoms with Crippen molar-refractivity contribution in [1.82, 2.24) is 5.32 Å². The van der Waals surface area contributed by atoms with Crippen LogP contribution in [0.25, 0.3) is 0 Å². The molecule has 0 aromatic carbocycles. The van der Waals surface area contributed by atoms with E-state index >= 15 is 0 Å². The zero-order chi connectivity index (χ0) is 30.1. The maximum atomic E-state index is 12.1. The Labute approximate surface area is 228 Å². The lowest BCUT2D eigenvalue weighted by atomic mass is 9.81. The fourth-order valence-electron chi connectivity index (χ4n) is 5.08. The molecule has 19 heteroatoms. The average molecular weight is 582 g/mol. The summed E-state index contributed by atoms with van der Waals surface area (Å²) in [4.78, 5) is 19.7. The fourth-order valence-corrected chi connectivity index (χ4v) is 5.08. The van der Waals surface area contributed by atoms with Gasteiger partial charge in [-0.25, -0.2) is 9.98 Å². The Hall–Kier alpha value is -2.27. The molecule has 0 amide bonds. The van der Waals surface area contributed by atoms with Gasteiger partial charge in [0.2, 0.25) is 0 Å². The van der Waals surface area contributed by atoms with Gasteiger partial charge >= 0.3 is 0 Å². The summed E-state index contributed by atoms with van der Waals surface area (Å²) in [5, 5.41) is 76.6. The van der Waals surface area contributed by atoms with E-state index in [1.165, 1.54) is 14.0 Å². The number of rotatable bonds is 9. The number of nitrogens with two attached hydrogens (primary N) is 4. The molecule has 15 atom stereocenters. The first kappa shape index (κ1) is 32.2. The van der Waals surface area contributed by atoms with Crippen LogP contribution in [0, 0.1) is 0 Å². The molecule has 3 fully saturated rings. The molecule has 1 saturated carbocycles. The van der Waals surface area contributed by atoms with Gasteiger partial charge in [-0.2, -0.15) is 0 Å². The molecular weight excluding hydrogens is 542 g/mol. The van der Waals surface area contributed by atoms with Gasteiger partial charge in [-0.05, 0) is 14.0 Å². The number of aliphatic imine (C=N–C) groups is 2. The summed E-state index contributed by atoms with van der Waals surface area (Å²) < 4.78 is 22.9. The highest BCUT2D eigenvalue weighted by Gasteiger charge is 2.60. The van der Waals surface area contributed by atoms with Crippen LogP contribution >= 0.6 is 0 Å². The summed E-state index contributed by atoms with van der Waals surface area (Å²) in [6.45, 7) is 0.620. The predicted molar refractivity (Wildman–Crippen MR) is 133 cm³/mol. The third kappa shape index (κ3) is 6.00. The summed E-state index contributed by atoms with van der Waals surface area (Å²) in [6.07, 6.45) is -17.3. The number of guanidine groups is 2. The van der Waals surface area contributed by atoms with E-state index in [0.29, 0.717) is 0 Å². The minimum Gasteiger partial charge on any atom is -0.394 e. The van der Waals surface area contributed by atoms with Crippen molar-refractivity contribution in [3.8, 4) is 0 Å². The minimum absolute atomic E-state index is 0.140. The highest BCUT2D eigenvalue weighted by Crippen LogP contribution is 2.38. The van der Waals surface area contributed by atoms with Crippen LogP contribution in [0.4, 0.5) is 0 Å². The second-order valence-electron chi connectivity index (χ2n) is 9.89. The molecule has 2 aliphatic heterocycles. The van der Waals surface area contributed by atoms with Gasteiger partial charge in [-0.15, -0.1) is 0 Å². The van der Waals surface area contributed by atoms with Gasteiger partial charge in [-0.3, -0.25) is 4.79 Å². The fraction of sp³-hybridized carbons (Fsp3) is 0.857. The van der Waals surface area contributed by atoms with E-state index in [2.05, 4.69) is 15.3 Å². The molecule has 2 heterocycles. The highest BCUT2D eigenvalue weighted by atomic mass is 16.8. The van der Waals surface area contributed by atoms with Crippen molar-refractivity contribution < 1.29 is 59.5 Å². The highest BCUT2D eigenvalue weighted by molar-refractivity contribution is 5.76. The van der Waals surface area contributed by atoms with E-state index < -0.39 is 110 Å². The first-order valence-electron chi connectivity index (χ1n) is 12.4. The van der Waals surface area contributed by atoms with Crippen molar-refractivity contribution in [3.63, 3.8) is 0 Å². The van der Waals surface area contributed by atoms with Crippen molar-refractivity contribution in [1.29, 1.82) is 0 Å². The van der Waals surface area contributed by atoms with Gasteiger partial charge in [0.15, 0.2) is 36.4 Å². The molecule has 2 saturated heterocycles. The van der Waals surface area contributed by atoms with Crippen LogP contribution in [0.2, 0.25) is 0 Å². The van der Waals surface area contributed by atoms with Gasteiger partial charge in [-0.1, -0.05) is 0 Å². The van der Waals surface area contributed by atoms with Crippen LogP contribution in [0.15, 0.2) is 9.98 Å². The van der Waals surface area contributed by atoms with Crippen LogP contribution in [0.3, 0.4) is 0 Å². The quantitative estimate of drug-likeness (QED) is 0.0682. The molecule has 0 aromatic heterocycles. The van der Waals surface area contributed by atoms with Crippen LogP contribution < -0.4 is 28.3 Å². The van der Waals surface area contributed by atoms with Gasteiger partial charge in [0, 0.05) is 0 Å². The molecule has 40 heavy (non-hydrogen) atoms. The number of carbonyl (C=O) groups excluding carboxylic acids is 1. The van der Waals surface area contributed by atoms with E-state index in [-0.39, 0.29) is 6.29 Å². The maximum absolute atomic E-state index is 12.1. The number of likely N-dealkylation sites (N-methyl/N-ethyl adjacent to an activating group) is 1. The number of aliphatic hydroxyl groups is 7. The standard InChI is InChI=1S/C21H39N7O12/c1-5-21(36,4-30)16(40-17-9(26-2)13(34)10(31)6(3-29)38-17)18(37-5)39-15-8(28-20(24)25)11(32)7(27-19(22)23)12(33)14(15)35/h4-18,26,29,31-36H,3H2,1-2H3,(H4,22,23,27)(H4,24,25,28)/t5-,6-,7+,8-,9-,10-,11-,12-,13+,14+,15-,16+,17+,18-,21-/m0/s1. The zero-order valence-corrected chi connectivity index (χ0v) is 21.7. The molecule has 0 aromatic rings. The van der Waals surface area contributed by atoms with Crippen molar-refractivity contribution >= 4 is 18.2 Å². The summed E-state index contributed by atoms with van der Waals surface area (Å²) in [5.74, 6) is -1.03. The summed E-state index contributed by atoms with van der Waals surface area (Å²) in [7, 11) is 1.42. The normalized spacial score (nSPS) is 47.4. The van der Waals surface area contributed by atoms with E-state index in [1.54, 1.807) is 0 Å². The van der Waals surface area contributed by atoms with E-state index in [4.69, 9.17) is 41.9 Å². The van der Waals surface area contributed by atoms with Gasteiger partial charge in [0.25, 0.3) is 0 Å². The molecule has 0 bridgehead atoms. The van der Waals surface area contributed by atoms with Crippen LogP contribution in [0.1, 0.15) is 6.92 Å². The second kappa shape index (κ2) is 12.7. The SMILES string of the molecule is CN[C@@H]1[C@@H](O[C@@H]2[C@H](O[C@@H]3[C@H](O)[C@@H](O)[C@H](N=C(N)N)[C@H](O)[C@@H]3N=C(N)N)O[C@@H](C)[C@@]2(O)C=O)O[C@@H](CO)[C@H](O)[C@@H]1O. The number of ether oxygens (including phenoxy) is 4. The monoisotopic (exact) mass is 581 g/mol. The smallest absolute Gasteiger partial charge is 0.188 e. The van der Waals surface area contributed by atoms with Crippen LogP contribution in [-0.4, -0.2) is 159 Å². The molecule has 0 unspecified atom stereocenters. The summed E-state index contributed by atoms with van der Waals surface area (Å²) in [5.41, 5.74) is 19.4. The third-order valence-corrected chi connectivity index (χ3v) is 7.34. The van der Waals surface area contributed by atoms with Gasteiger partial charge < -0.3 is 82.9 Å².